The minimum absolute atomic E-state index is 0.0980. The van der Waals surface area contributed by atoms with Crippen LogP contribution in [-0.2, 0) is 19.7 Å². The monoisotopic (exact) mass is 356 g/mol. The Bertz CT molecular complexity index is 831. The normalized spacial score (nSPS) is 10.9. The first-order valence-electron chi connectivity index (χ1n) is 8.00. The quantitative estimate of drug-likeness (QED) is 0.486. The van der Waals surface area contributed by atoms with E-state index in [2.05, 4.69) is 5.32 Å². The Hall–Kier alpha value is -3.22. The molecule has 0 unspecified atom stereocenters. The molecule has 0 saturated carbocycles. The minimum atomic E-state index is -0.920. The number of carbonyl (C=O) groups is 2. The molecule has 0 aromatic heterocycles. The van der Waals surface area contributed by atoms with Crippen LogP contribution in [0.3, 0.4) is 0 Å². The molecule has 26 heavy (non-hydrogen) atoms. The van der Waals surface area contributed by atoms with Crippen LogP contribution in [-0.4, -0.2) is 23.4 Å². The molecule has 0 radical (unpaired) electrons. The number of ether oxygens (including phenoxy) is 1. The van der Waals surface area contributed by atoms with Crippen LogP contribution < -0.4 is 5.32 Å². The highest BCUT2D eigenvalue weighted by atomic mass is 16.6. The molecule has 0 heterocycles. The van der Waals surface area contributed by atoms with Gasteiger partial charge in [-0.15, -0.1) is 0 Å². The van der Waals surface area contributed by atoms with E-state index in [1.165, 1.54) is 12.1 Å². The van der Waals surface area contributed by atoms with E-state index >= 15 is 0 Å². The first-order valence-corrected chi connectivity index (χ1v) is 8.00. The van der Waals surface area contributed by atoms with Crippen LogP contribution in [0.4, 0.5) is 11.4 Å². The largest absolute Gasteiger partial charge is 0.455 e. The lowest BCUT2D eigenvalue weighted by Gasteiger charge is -2.22. The van der Waals surface area contributed by atoms with Crippen LogP contribution in [0.1, 0.15) is 25.0 Å². The summed E-state index contributed by atoms with van der Waals surface area (Å²) in [6.07, 6.45) is 0. The van der Waals surface area contributed by atoms with Gasteiger partial charge >= 0.3 is 5.97 Å². The summed E-state index contributed by atoms with van der Waals surface area (Å²) >= 11 is 0. The summed E-state index contributed by atoms with van der Waals surface area (Å²) in [7, 11) is 0. The van der Waals surface area contributed by atoms with Gasteiger partial charge in [-0.2, -0.15) is 0 Å². The van der Waals surface area contributed by atoms with Crippen LogP contribution in [0.5, 0.6) is 0 Å². The minimum Gasteiger partial charge on any atom is -0.455 e. The molecule has 0 bridgehead atoms. The van der Waals surface area contributed by atoms with Crippen molar-refractivity contribution in [2.75, 3.05) is 11.9 Å². The Morgan fingerprint density at radius 3 is 2.38 bits per heavy atom. The summed E-state index contributed by atoms with van der Waals surface area (Å²) in [6.45, 7) is 4.53. The number of hydrogen-bond donors (Lipinski definition) is 1. The third-order valence-electron chi connectivity index (χ3n) is 4.05. The molecule has 7 nitrogen and oxygen atoms in total. The fourth-order valence-corrected chi connectivity index (χ4v) is 2.43. The fourth-order valence-electron chi connectivity index (χ4n) is 2.43. The van der Waals surface area contributed by atoms with Crippen molar-refractivity contribution in [2.24, 2.45) is 0 Å². The number of nitro groups is 1. The van der Waals surface area contributed by atoms with Crippen molar-refractivity contribution in [1.29, 1.82) is 0 Å². The van der Waals surface area contributed by atoms with Crippen LogP contribution in [0.2, 0.25) is 0 Å². The Balaban J connectivity index is 2.04. The summed E-state index contributed by atoms with van der Waals surface area (Å²) < 4.78 is 5.11. The lowest BCUT2D eigenvalue weighted by atomic mass is 9.85. The predicted molar refractivity (Wildman–Crippen MR) is 96.9 cm³/mol. The number of rotatable bonds is 6. The summed E-state index contributed by atoms with van der Waals surface area (Å²) in [4.78, 5) is 35.0. The number of para-hydroxylation sites is 1. The third-order valence-corrected chi connectivity index (χ3v) is 4.05. The predicted octanol–water partition coefficient (Wildman–Crippen LogP) is 3.36. The average molecular weight is 356 g/mol. The van der Waals surface area contributed by atoms with Crippen molar-refractivity contribution in [3.8, 4) is 0 Å². The molecule has 0 spiro atoms. The van der Waals surface area contributed by atoms with Crippen molar-refractivity contribution in [3.63, 3.8) is 0 Å². The lowest BCUT2D eigenvalue weighted by Crippen LogP contribution is -2.33. The van der Waals surface area contributed by atoms with E-state index in [1.807, 2.05) is 18.2 Å². The number of nitrogens with zero attached hydrogens (tertiary/aromatic N) is 1. The number of nitrogens with one attached hydrogen (secondary N) is 1. The summed E-state index contributed by atoms with van der Waals surface area (Å²) in [5.41, 5.74) is 0.273. The van der Waals surface area contributed by atoms with E-state index in [1.54, 1.807) is 39.0 Å². The molecule has 0 aliphatic rings. The van der Waals surface area contributed by atoms with Crippen molar-refractivity contribution < 1.29 is 19.2 Å². The molecule has 1 amide bonds. The lowest BCUT2D eigenvalue weighted by molar-refractivity contribution is -0.384. The third kappa shape index (κ3) is 4.24. The SMILES string of the molecule is Cc1cccc([N+](=O)[O-])c1NC(=O)COC(=O)C(C)(C)c1ccccc1. The van der Waals surface area contributed by atoms with Gasteiger partial charge in [0.2, 0.25) is 0 Å². The molecule has 0 aliphatic heterocycles. The molecule has 0 atom stereocenters. The van der Waals surface area contributed by atoms with Crippen LogP contribution in [0, 0.1) is 17.0 Å². The van der Waals surface area contributed by atoms with E-state index in [9.17, 15) is 19.7 Å². The zero-order valence-corrected chi connectivity index (χ0v) is 14.8. The zero-order chi connectivity index (χ0) is 19.3. The molecule has 1 N–H and O–H groups in total. The Kier molecular flexibility index (Phi) is 5.71. The first kappa shape index (κ1) is 19.1. The molecule has 0 aliphatic carbocycles. The molecular formula is C19H20N2O5. The van der Waals surface area contributed by atoms with E-state index in [-0.39, 0.29) is 11.4 Å². The Labute approximate surface area is 151 Å². The van der Waals surface area contributed by atoms with Gasteiger partial charge in [0, 0.05) is 6.07 Å². The maximum Gasteiger partial charge on any atom is 0.316 e. The number of carbonyl (C=O) groups excluding carboxylic acids is 2. The van der Waals surface area contributed by atoms with Crippen molar-refractivity contribution in [2.45, 2.75) is 26.2 Å². The van der Waals surface area contributed by atoms with Gasteiger partial charge < -0.3 is 10.1 Å². The molecule has 0 saturated heterocycles. The summed E-state index contributed by atoms with van der Waals surface area (Å²) in [5.74, 6) is -1.20. The fraction of sp³-hybridized carbons (Fsp3) is 0.263. The maximum atomic E-state index is 12.4. The standard InChI is InChI=1S/C19H20N2O5/c1-13-8-7-11-15(21(24)25)17(13)20-16(22)12-26-18(23)19(2,3)14-9-5-4-6-10-14/h4-11H,12H2,1-3H3,(H,20,22). The molecule has 136 valence electrons. The van der Waals surface area contributed by atoms with E-state index < -0.39 is 28.8 Å². The molecule has 7 heteroatoms. The van der Waals surface area contributed by atoms with Crippen LogP contribution in [0.25, 0.3) is 0 Å². The first-order chi connectivity index (χ1) is 12.2. The number of esters is 1. The smallest absolute Gasteiger partial charge is 0.316 e. The molecular weight excluding hydrogens is 336 g/mol. The average Bonchev–Trinajstić information content (AvgIpc) is 2.61. The highest BCUT2D eigenvalue weighted by Crippen LogP contribution is 2.28. The Morgan fingerprint density at radius 2 is 1.77 bits per heavy atom. The second-order valence-corrected chi connectivity index (χ2v) is 6.34. The number of aryl methyl sites for hydroxylation is 1. The molecule has 2 rings (SSSR count). The number of amides is 1. The van der Waals surface area contributed by atoms with Crippen LogP contribution in [0.15, 0.2) is 48.5 Å². The highest BCUT2D eigenvalue weighted by molar-refractivity contribution is 5.96. The number of benzene rings is 2. The number of anilines is 1. The second-order valence-electron chi connectivity index (χ2n) is 6.34. The molecule has 0 fully saturated rings. The van der Waals surface area contributed by atoms with Gasteiger partial charge in [-0.25, -0.2) is 0 Å². The molecule has 2 aromatic rings. The van der Waals surface area contributed by atoms with E-state index in [0.717, 1.165) is 5.56 Å². The van der Waals surface area contributed by atoms with Gasteiger partial charge in [0.15, 0.2) is 6.61 Å². The van der Waals surface area contributed by atoms with Gasteiger partial charge in [-0.05, 0) is 31.9 Å². The number of hydrogen-bond acceptors (Lipinski definition) is 5. The van der Waals surface area contributed by atoms with Gasteiger partial charge in [0.25, 0.3) is 11.6 Å². The second kappa shape index (κ2) is 7.77. The number of nitro benzene ring substituents is 1. The van der Waals surface area contributed by atoms with Crippen molar-refractivity contribution in [1.82, 2.24) is 0 Å². The van der Waals surface area contributed by atoms with Crippen molar-refractivity contribution in [3.05, 3.63) is 69.8 Å². The maximum absolute atomic E-state index is 12.4. The summed E-state index contributed by atoms with van der Waals surface area (Å²) in [6, 6.07) is 13.6. The molecule has 2 aromatic carbocycles. The van der Waals surface area contributed by atoms with Gasteiger partial charge in [0.05, 0.1) is 10.3 Å². The van der Waals surface area contributed by atoms with Crippen LogP contribution >= 0.6 is 0 Å². The van der Waals surface area contributed by atoms with E-state index in [4.69, 9.17) is 4.74 Å². The van der Waals surface area contributed by atoms with Gasteiger partial charge in [-0.1, -0.05) is 42.5 Å². The van der Waals surface area contributed by atoms with Gasteiger partial charge in [-0.3, -0.25) is 19.7 Å². The zero-order valence-electron chi connectivity index (χ0n) is 14.8. The van der Waals surface area contributed by atoms with Gasteiger partial charge in [0.1, 0.15) is 5.69 Å². The Morgan fingerprint density at radius 1 is 1.12 bits per heavy atom. The van der Waals surface area contributed by atoms with Crippen molar-refractivity contribution >= 4 is 23.3 Å². The summed E-state index contributed by atoms with van der Waals surface area (Å²) in [5, 5.41) is 13.5. The highest BCUT2D eigenvalue weighted by Gasteiger charge is 2.32. The van der Waals surface area contributed by atoms with E-state index in [0.29, 0.717) is 5.56 Å². The topological polar surface area (TPSA) is 98.5 Å².